The number of nitrogens with one attached hydrogen (secondary N) is 1. The normalized spacial score (nSPS) is 11.8. The van der Waals surface area contributed by atoms with E-state index >= 15 is 0 Å². The van der Waals surface area contributed by atoms with Crippen molar-refractivity contribution in [3.8, 4) is 0 Å². The lowest BCUT2D eigenvalue weighted by molar-refractivity contribution is -0.155. The molecule has 0 amide bonds. The molecule has 0 unspecified atom stereocenters. The Hall–Kier alpha value is -5.50. The topological polar surface area (TPSA) is 163 Å². The number of nitrogens with zero attached hydrogens (tertiary/aromatic N) is 3. The first kappa shape index (κ1) is 59.5. The minimum atomic E-state index is -0.528. The van der Waals surface area contributed by atoms with Gasteiger partial charge in [0.05, 0.1) is 24.2 Å². The van der Waals surface area contributed by atoms with Crippen molar-refractivity contribution in [1.82, 2.24) is 20.2 Å². The molecular formula is C51H73ClN4O9. The van der Waals surface area contributed by atoms with E-state index in [2.05, 4.69) is 15.3 Å². The Morgan fingerprint density at radius 2 is 1.11 bits per heavy atom. The predicted octanol–water partition coefficient (Wildman–Crippen LogP) is 8.98. The summed E-state index contributed by atoms with van der Waals surface area (Å²) in [4.78, 5) is 68.9. The van der Waals surface area contributed by atoms with Gasteiger partial charge in [0, 0.05) is 24.5 Å². The molecule has 2 heterocycles. The molecule has 0 spiro atoms. The van der Waals surface area contributed by atoms with Crippen LogP contribution in [0, 0.1) is 11.8 Å². The molecule has 65 heavy (non-hydrogen) atoms. The molecule has 0 aliphatic carbocycles. The van der Waals surface area contributed by atoms with Crippen LogP contribution in [0.5, 0.6) is 0 Å². The second-order valence-corrected chi connectivity index (χ2v) is 17.7. The lowest BCUT2D eigenvalue weighted by Gasteiger charge is -2.29. The largest absolute Gasteiger partial charge is 0.460 e. The minimum Gasteiger partial charge on any atom is -0.460 e. The molecular weight excluding hydrogens is 848 g/mol. The van der Waals surface area contributed by atoms with E-state index in [0.717, 1.165) is 23.0 Å². The van der Waals surface area contributed by atoms with Gasteiger partial charge in [-0.05, 0) is 108 Å². The second-order valence-electron chi connectivity index (χ2n) is 17.7. The molecule has 2 aromatic heterocycles. The number of benzene rings is 2. The Kier molecular flexibility index (Phi) is 27.3. The molecule has 1 N–H and O–H groups in total. The summed E-state index contributed by atoms with van der Waals surface area (Å²) >= 11 is 0. The van der Waals surface area contributed by atoms with Gasteiger partial charge in [-0.15, -0.1) is 12.4 Å². The van der Waals surface area contributed by atoms with Gasteiger partial charge in [-0.1, -0.05) is 95.8 Å². The SMILES string of the molecule is C.CC(C)(C)OC(=O)Cc1cc(C=O)ccn1.CC(C)[C@@H](C(=O)OCc1ccccc1)N(C)Cc1ccnc(CC(=O)OC(C)(C)C)c1.CN[C@H](C(=O)OCc1ccccc1)C(C)C.Cl. The van der Waals surface area contributed by atoms with Crippen molar-refractivity contribution >= 4 is 42.6 Å². The summed E-state index contributed by atoms with van der Waals surface area (Å²) < 4.78 is 21.3. The average molecular weight is 922 g/mol. The summed E-state index contributed by atoms with van der Waals surface area (Å²) in [6.07, 6.45) is 4.10. The fourth-order valence-corrected chi connectivity index (χ4v) is 6.14. The quantitative estimate of drug-likeness (QED) is 0.0607. The Labute approximate surface area is 393 Å². The molecule has 4 rings (SSSR count). The van der Waals surface area contributed by atoms with Gasteiger partial charge < -0.3 is 24.3 Å². The number of ether oxygens (including phenoxy) is 4. The molecule has 0 aliphatic rings. The summed E-state index contributed by atoms with van der Waals surface area (Å²) in [6, 6.07) is 25.7. The number of halogens is 1. The van der Waals surface area contributed by atoms with Gasteiger partial charge in [-0.2, -0.15) is 0 Å². The van der Waals surface area contributed by atoms with E-state index in [1.165, 1.54) is 6.20 Å². The van der Waals surface area contributed by atoms with Crippen LogP contribution in [0.2, 0.25) is 0 Å². The Balaban J connectivity index is 0.00000102. The number of aromatic nitrogens is 2. The molecule has 0 bridgehead atoms. The van der Waals surface area contributed by atoms with Crippen LogP contribution in [0.1, 0.15) is 115 Å². The number of carbonyl (C=O) groups excluding carboxylic acids is 5. The third kappa shape index (κ3) is 25.0. The second kappa shape index (κ2) is 29.8. The van der Waals surface area contributed by atoms with Gasteiger partial charge in [0.25, 0.3) is 0 Å². The van der Waals surface area contributed by atoms with Crippen molar-refractivity contribution < 1.29 is 42.9 Å². The number of rotatable bonds is 17. The molecule has 13 nitrogen and oxygen atoms in total. The van der Waals surface area contributed by atoms with Crippen molar-refractivity contribution in [3.63, 3.8) is 0 Å². The summed E-state index contributed by atoms with van der Waals surface area (Å²) in [5, 5.41) is 2.96. The summed E-state index contributed by atoms with van der Waals surface area (Å²) in [5.74, 6) is -0.784. The number of likely N-dealkylation sites (N-methyl/N-ethyl adjacent to an activating group) is 2. The standard InChI is InChI=1S/C25H34N2O4.C13H19NO2.C12H15NO3.CH4.ClH/c1-18(2)23(24(29)30-17-19-10-8-7-9-11-19)27(6)16-20-12-13-26-21(14-20)15-22(28)31-25(3,4)5;1-10(2)12(14-3)13(15)16-9-11-7-5-4-6-8-11;1-12(2,3)16-11(15)7-10-6-9(8-14)4-5-13-10;;/h7-14,18,23H,15-17H2,1-6H3;4-8,10,12,14H,9H2,1-3H3;4-6,8H,7H2,1-3H3;1H4;1H/t23-;12-;;;/m00.../s1. The van der Waals surface area contributed by atoms with E-state index < -0.39 is 11.2 Å². The summed E-state index contributed by atoms with van der Waals surface area (Å²) in [6.45, 7) is 20.1. The van der Waals surface area contributed by atoms with Crippen molar-refractivity contribution in [2.75, 3.05) is 14.1 Å². The maximum atomic E-state index is 12.8. The van der Waals surface area contributed by atoms with Crippen molar-refractivity contribution in [3.05, 3.63) is 131 Å². The zero-order valence-corrected chi connectivity index (χ0v) is 40.4. The molecule has 0 fully saturated rings. The number of pyridine rings is 2. The Morgan fingerprint density at radius 1 is 0.662 bits per heavy atom. The zero-order valence-electron chi connectivity index (χ0n) is 39.6. The first-order valence-electron chi connectivity index (χ1n) is 21.2. The van der Waals surface area contributed by atoms with E-state index in [1.54, 1.807) is 46.1 Å². The number of hydrogen-bond donors (Lipinski definition) is 1. The fraction of sp³-hybridized carbons (Fsp3) is 0.471. The van der Waals surface area contributed by atoms with Gasteiger partial charge in [0.15, 0.2) is 0 Å². The van der Waals surface area contributed by atoms with Crippen LogP contribution in [-0.4, -0.2) is 82.4 Å². The molecule has 0 saturated carbocycles. The molecule has 4 aromatic rings. The predicted molar refractivity (Wildman–Crippen MR) is 257 cm³/mol. The third-order valence-corrected chi connectivity index (χ3v) is 8.81. The highest BCUT2D eigenvalue weighted by Crippen LogP contribution is 2.17. The fourth-order valence-electron chi connectivity index (χ4n) is 6.14. The number of aldehydes is 1. The van der Waals surface area contributed by atoms with Crippen LogP contribution in [-0.2, 0) is 70.7 Å². The third-order valence-electron chi connectivity index (χ3n) is 8.81. The summed E-state index contributed by atoms with van der Waals surface area (Å²) in [7, 11) is 3.68. The van der Waals surface area contributed by atoms with Gasteiger partial charge in [0.1, 0.15) is 42.8 Å². The average Bonchev–Trinajstić information content (AvgIpc) is 3.19. The van der Waals surface area contributed by atoms with Crippen molar-refractivity contribution in [2.45, 2.75) is 133 Å². The Morgan fingerprint density at radius 3 is 1.52 bits per heavy atom. The van der Waals surface area contributed by atoms with E-state index in [9.17, 15) is 24.0 Å². The highest BCUT2D eigenvalue weighted by Gasteiger charge is 2.28. The first-order valence-corrected chi connectivity index (χ1v) is 21.2. The van der Waals surface area contributed by atoms with Gasteiger partial charge in [-0.25, -0.2) is 0 Å². The van der Waals surface area contributed by atoms with E-state index in [0.29, 0.717) is 30.1 Å². The molecule has 2 atom stereocenters. The molecule has 2 aromatic carbocycles. The van der Waals surface area contributed by atoms with E-state index in [4.69, 9.17) is 18.9 Å². The van der Waals surface area contributed by atoms with Gasteiger partial charge >= 0.3 is 23.9 Å². The number of esters is 4. The minimum absolute atomic E-state index is 0. The lowest BCUT2D eigenvalue weighted by atomic mass is 10.0. The van der Waals surface area contributed by atoms with Gasteiger partial charge in [-0.3, -0.25) is 38.8 Å². The smallest absolute Gasteiger partial charge is 0.323 e. The van der Waals surface area contributed by atoms with E-state index in [-0.39, 0.29) is 87.1 Å². The van der Waals surface area contributed by atoms with Crippen molar-refractivity contribution in [2.24, 2.45) is 11.8 Å². The molecule has 14 heteroatoms. The van der Waals surface area contributed by atoms with Crippen LogP contribution in [0.25, 0.3) is 0 Å². The van der Waals surface area contributed by atoms with Crippen LogP contribution < -0.4 is 5.32 Å². The van der Waals surface area contributed by atoms with Crippen LogP contribution in [0.4, 0.5) is 0 Å². The number of carbonyl (C=O) groups is 5. The highest BCUT2D eigenvalue weighted by atomic mass is 35.5. The highest BCUT2D eigenvalue weighted by molar-refractivity contribution is 5.85. The summed E-state index contributed by atoms with van der Waals surface area (Å²) in [5.41, 5.74) is 3.60. The van der Waals surface area contributed by atoms with Crippen molar-refractivity contribution in [1.29, 1.82) is 0 Å². The van der Waals surface area contributed by atoms with Crippen LogP contribution in [0.15, 0.2) is 97.3 Å². The molecule has 0 radical (unpaired) electrons. The number of hydrogen-bond acceptors (Lipinski definition) is 13. The van der Waals surface area contributed by atoms with Crippen LogP contribution in [0.3, 0.4) is 0 Å². The monoisotopic (exact) mass is 921 g/mol. The molecule has 358 valence electrons. The maximum absolute atomic E-state index is 12.8. The van der Waals surface area contributed by atoms with E-state index in [1.807, 2.05) is 133 Å². The zero-order chi connectivity index (χ0) is 47.2. The Bertz CT molecular complexity index is 2020. The molecule has 0 saturated heterocycles. The first-order chi connectivity index (χ1) is 29.6. The lowest BCUT2D eigenvalue weighted by Crippen LogP contribution is -2.43. The van der Waals surface area contributed by atoms with Gasteiger partial charge in [0.2, 0.25) is 0 Å². The van der Waals surface area contributed by atoms with Crippen LogP contribution >= 0.6 is 12.4 Å². The molecule has 0 aliphatic heterocycles. The maximum Gasteiger partial charge on any atom is 0.323 e.